The fraction of sp³-hybridized carbons (Fsp3) is 0.316. The number of nitrogens with zero attached hydrogens (tertiary/aromatic N) is 2. The Hall–Kier alpha value is -2.29. The van der Waals surface area contributed by atoms with Crippen LogP contribution in [0, 0.1) is 0 Å². The van der Waals surface area contributed by atoms with Crippen molar-refractivity contribution in [2.75, 3.05) is 6.61 Å². The van der Waals surface area contributed by atoms with Crippen molar-refractivity contribution in [2.45, 2.75) is 32.7 Å². The molecule has 0 amide bonds. The van der Waals surface area contributed by atoms with Gasteiger partial charge in [-0.3, -0.25) is 0 Å². The first-order valence-corrected chi connectivity index (χ1v) is 7.68. The van der Waals surface area contributed by atoms with E-state index in [9.17, 15) is 0 Å². The summed E-state index contributed by atoms with van der Waals surface area (Å²) in [6.07, 6.45) is 1.85. The van der Waals surface area contributed by atoms with Gasteiger partial charge in [-0.05, 0) is 30.3 Å². The zero-order valence-corrected chi connectivity index (χ0v) is 13.4. The zero-order valence-electron chi connectivity index (χ0n) is 13.4. The molecule has 0 unspecified atom stereocenters. The van der Waals surface area contributed by atoms with Gasteiger partial charge < -0.3 is 9.30 Å². The topological polar surface area (TPSA) is 27.1 Å². The number of para-hydroxylation sites is 1. The first kappa shape index (κ1) is 14.6. The van der Waals surface area contributed by atoms with Crippen LogP contribution in [0.25, 0.3) is 11.0 Å². The van der Waals surface area contributed by atoms with Gasteiger partial charge in [0, 0.05) is 22.7 Å². The Kier molecular flexibility index (Phi) is 3.88. The van der Waals surface area contributed by atoms with Crippen LogP contribution < -0.4 is 4.74 Å². The molecule has 0 aliphatic carbocycles. The van der Waals surface area contributed by atoms with Gasteiger partial charge in [0.1, 0.15) is 18.0 Å². The van der Waals surface area contributed by atoms with Crippen LogP contribution in [0.3, 0.4) is 0 Å². The molecule has 0 saturated heterocycles. The van der Waals surface area contributed by atoms with E-state index in [1.165, 1.54) is 11.1 Å². The Morgan fingerprint density at radius 3 is 2.55 bits per heavy atom. The van der Waals surface area contributed by atoms with Crippen LogP contribution in [0.2, 0.25) is 0 Å². The molecule has 2 aromatic heterocycles. The molecule has 0 atom stereocenters. The summed E-state index contributed by atoms with van der Waals surface area (Å²) in [4.78, 5) is 4.55. The largest absolute Gasteiger partial charge is 0.492 e. The molecule has 3 nitrogen and oxygen atoms in total. The summed E-state index contributed by atoms with van der Waals surface area (Å²) in [6, 6.07) is 16.3. The SMILES string of the molecule is CC(C)(C)c1cc2cccnc2n1CCOc1ccccc1. The molecule has 3 aromatic rings. The molecule has 1 aromatic carbocycles. The maximum absolute atomic E-state index is 5.85. The normalized spacial score (nSPS) is 11.8. The number of hydrogen-bond acceptors (Lipinski definition) is 2. The van der Waals surface area contributed by atoms with E-state index in [1.54, 1.807) is 0 Å². The third kappa shape index (κ3) is 2.98. The zero-order chi connectivity index (χ0) is 15.6. The van der Waals surface area contributed by atoms with E-state index in [0.717, 1.165) is 17.9 Å². The van der Waals surface area contributed by atoms with E-state index in [-0.39, 0.29) is 5.41 Å². The van der Waals surface area contributed by atoms with E-state index in [1.807, 2.05) is 42.6 Å². The van der Waals surface area contributed by atoms with E-state index in [4.69, 9.17) is 4.74 Å². The summed E-state index contributed by atoms with van der Waals surface area (Å²) in [7, 11) is 0. The van der Waals surface area contributed by atoms with Gasteiger partial charge in [0.2, 0.25) is 0 Å². The number of aromatic nitrogens is 2. The van der Waals surface area contributed by atoms with Gasteiger partial charge in [0.25, 0.3) is 0 Å². The van der Waals surface area contributed by atoms with Crippen molar-refractivity contribution < 1.29 is 4.74 Å². The van der Waals surface area contributed by atoms with E-state index in [2.05, 4.69) is 42.5 Å². The average molecular weight is 294 g/mol. The van der Waals surface area contributed by atoms with Gasteiger partial charge >= 0.3 is 0 Å². The van der Waals surface area contributed by atoms with Crippen molar-refractivity contribution in [2.24, 2.45) is 0 Å². The fourth-order valence-electron chi connectivity index (χ4n) is 2.71. The van der Waals surface area contributed by atoms with Gasteiger partial charge in [-0.15, -0.1) is 0 Å². The molecule has 3 heteroatoms. The van der Waals surface area contributed by atoms with Crippen LogP contribution in [-0.2, 0) is 12.0 Å². The van der Waals surface area contributed by atoms with Crippen molar-refractivity contribution in [3.8, 4) is 5.75 Å². The maximum Gasteiger partial charge on any atom is 0.140 e. The smallest absolute Gasteiger partial charge is 0.140 e. The summed E-state index contributed by atoms with van der Waals surface area (Å²) in [6.45, 7) is 8.12. The summed E-state index contributed by atoms with van der Waals surface area (Å²) in [5.74, 6) is 0.907. The number of pyridine rings is 1. The van der Waals surface area contributed by atoms with Crippen molar-refractivity contribution in [3.63, 3.8) is 0 Å². The first-order valence-electron chi connectivity index (χ1n) is 7.68. The van der Waals surface area contributed by atoms with Crippen LogP contribution in [0.4, 0.5) is 0 Å². The number of benzene rings is 1. The lowest BCUT2D eigenvalue weighted by Gasteiger charge is -2.22. The van der Waals surface area contributed by atoms with E-state index < -0.39 is 0 Å². The highest BCUT2D eigenvalue weighted by atomic mass is 16.5. The standard InChI is InChI=1S/C19H22N2O/c1-19(2,3)17-14-15-8-7-11-20-18(15)21(17)12-13-22-16-9-5-4-6-10-16/h4-11,14H,12-13H2,1-3H3. The summed E-state index contributed by atoms with van der Waals surface area (Å²) in [5, 5.41) is 1.19. The second-order valence-electron chi connectivity index (χ2n) is 6.51. The minimum atomic E-state index is 0.0768. The Balaban J connectivity index is 1.85. The average Bonchev–Trinajstić information content (AvgIpc) is 2.88. The Morgan fingerprint density at radius 1 is 1.05 bits per heavy atom. The maximum atomic E-state index is 5.85. The summed E-state index contributed by atoms with van der Waals surface area (Å²) >= 11 is 0. The highest BCUT2D eigenvalue weighted by molar-refractivity contribution is 5.77. The number of hydrogen-bond donors (Lipinski definition) is 0. The van der Waals surface area contributed by atoms with Crippen molar-refractivity contribution >= 4 is 11.0 Å². The lowest BCUT2D eigenvalue weighted by Crippen LogP contribution is -2.20. The van der Waals surface area contributed by atoms with Gasteiger partial charge in [-0.25, -0.2) is 4.98 Å². The third-order valence-electron chi connectivity index (χ3n) is 3.75. The number of rotatable bonds is 4. The quantitative estimate of drug-likeness (QED) is 0.712. The first-order chi connectivity index (χ1) is 10.6. The van der Waals surface area contributed by atoms with Crippen molar-refractivity contribution in [3.05, 3.63) is 60.4 Å². The Morgan fingerprint density at radius 2 is 1.82 bits per heavy atom. The molecule has 0 fully saturated rings. The molecule has 0 radical (unpaired) electrons. The minimum Gasteiger partial charge on any atom is -0.492 e. The van der Waals surface area contributed by atoms with Crippen LogP contribution in [0.1, 0.15) is 26.5 Å². The summed E-state index contributed by atoms with van der Waals surface area (Å²) in [5.41, 5.74) is 2.40. The molecular formula is C19H22N2O. The van der Waals surface area contributed by atoms with Gasteiger partial charge in [0.15, 0.2) is 0 Å². The van der Waals surface area contributed by atoms with Gasteiger partial charge in [-0.2, -0.15) is 0 Å². The number of ether oxygens (including phenoxy) is 1. The van der Waals surface area contributed by atoms with Crippen LogP contribution in [-0.4, -0.2) is 16.2 Å². The highest BCUT2D eigenvalue weighted by Gasteiger charge is 2.21. The molecule has 114 valence electrons. The third-order valence-corrected chi connectivity index (χ3v) is 3.75. The predicted octanol–water partition coefficient (Wildman–Crippen LogP) is 4.41. The molecule has 2 heterocycles. The van der Waals surface area contributed by atoms with Crippen LogP contribution in [0.5, 0.6) is 5.75 Å². The molecule has 0 N–H and O–H groups in total. The van der Waals surface area contributed by atoms with Crippen molar-refractivity contribution in [1.29, 1.82) is 0 Å². The molecule has 22 heavy (non-hydrogen) atoms. The van der Waals surface area contributed by atoms with Crippen molar-refractivity contribution in [1.82, 2.24) is 9.55 Å². The van der Waals surface area contributed by atoms with E-state index >= 15 is 0 Å². The molecule has 0 spiro atoms. The lowest BCUT2D eigenvalue weighted by atomic mass is 9.92. The predicted molar refractivity (Wildman–Crippen MR) is 90.4 cm³/mol. The van der Waals surface area contributed by atoms with E-state index in [0.29, 0.717) is 6.61 Å². The van der Waals surface area contributed by atoms with Crippen LogP contribution in [0.15, 0.2) is 54.7 Å². The summed E-state index contributed by atoms with van der Waals surface area (Å²) < 4.78 is 8.12. The van der Waals surface area contributed by atoms with Gasteiger partial charge in [-0.1, -0.05) is 39.0 Å². The Bertz CT molecular complexity index is 754. The highest BCUT2D eigenvalue weighted by Crippen LogP contribution is 2.28. The van der Waals surface area contributed by atoms with Gasteiger partial charge in [0.05, 0.1) is 6.54 Å². The molecule has 3 rings (SSSR count). The van der Waals surface area contributed by atoms with Crippen LogP contribution >= 0.6 is 0 Å². The Labute approximate surface area is 131 Å². The molecule has 0 saturated carbocycles. The lowest BCUT2D eigenvalue weighted by molar-refractivity contribution is 0.295. The fourth-order valence-corrected chi connectivity index (χ4v) is 2.71. The second kappa shape index (κ2) is 5.84. The molecular weight excluding hydrogens is 272 g/mol. The molecule has 0 bridgehead atoms. The number of fused-ring (bicyclic) bond motifs is 1. The minimum absolute atomic E-state index is 0.0768. The molecule has 0 aliphatic rings. The monoisotopic (exact) mass is 294 g/mol. The second-order valence-corrected chi connectivity index (χ2v) is 6.51. The molecule has 0 aliphatic heterocycles.